The van der Waals surface area contributed by atoms with E-state index >= 15 is 0 Å². The second kappa shape index (κ2) is 9.95. The van der Waals surface area contributed by atoms with Gasteiger partial charge < -0.3 is 14.2 Å². The highest BCUT2D eigenvalue weighted by atomic mass is 16.5. The Morgan fingerprint density at radius 2 is 1.74 bits per heavy atom. The van der Waals surface area contributed by atoms with E-state index in [4.69, 9.17) is 9.72 Å². The zero-order chi connectivity index (χ0) is 24.4. The molecule has 1 atom stereocenters. The summed E-state index contributed by atoms with van der Waals surface area (Å²) in [5.41, 5.74) is 5.59. The normalized spacial score (nSPS) is 15.9. The molecule has 0 N–H and O–H groups in total. The summed E-state index contributed by atoms with van der Waals surface area (Å²) >= 11 is 0. The van der Waals surface area contributed by atoms with E-state index < -0.39 is 0 Å². The molecule has 180 valence electrons. The van der Waals surface area contributed by atoms with Gasteiger partial charge in [0.25, 0.3) is 0 Å². The van der Waals surface area contributed by atoms with E-state index in [1.165, 1.54) is 11.1 Å². The van der Waals surface area contributed by atoms with Gasteiger partial charge in [-0.05, 0) is 59.9 Å². The Morgan fingerprint density at radius 3 is 2.46 bits per heavy atom. The number of hydrogen-bond donors (Lipinski definition) is 0. The van der Waals surface area contributed by atoms with Crippen LogP contribution in [0.2, 0.25) is 0 Å². The van der Waals surface area contributed by atoms with Crippen LogP contribution in [0.25, 0.3) is 11.0 Å². The molecule has 0 bridgehead atoms. The highest BCUT2D eigenvalue weighted by Crippen LogP contribution is 2.33. The van der Waals surface area contributed by atoms with E-state index in [9.17, 15) is 4.79 Å². The molecule has 1 unspecified atom stereocenters. The molecule has 1 aliphatic rings. The molecule has 2 heterocycles. The van der Waals surface area contributed by atoms with Crippen LogP contribution in [0.4, 0.5) is 5.69 Å². The third-order valence-corrected chi connectivity index (χ3v) is 6.96. The minimum atomic E-state index is 0.0473. The number of hydrogen-bond acceptors (Lipinski definition) is 3. The SMILES string of the molecule is CCc1ccc(N2CC(c3nc4ccccc4n3CCOc3ccc(C(C)C)cc3)CC2=O)cc1. The van der Waals surface area contributed by atoms with Crippen LogP contribution in [0.1, 0.15) is 56.0 Å². The predicted molar refractivity (Wildman–Crippen MR) is 141 cm³/mol. The van der Waals surface area contributed by atoms with Gasteiger partial charge in [-0.2, -0.15) is 0 Å². The lowest BCUT2D eigenvalue weighted by atomic mass is 10.0. The first-order valence-electron chi connectivity index (χ1n) is 12.6. The van der Waals surface area contributed by atoms with Gasteiger partial charge in [-0.15, -0.1) is 0 Å². The molecule has 1 fully saturated rings. The fourth-order valence-corrected chi connectivity index (χ4v) is 4.89. The lowest BCUT2D eigenvalue weighted by molar-refractivity contribution is -0.117. The standard InChI is InChI=1S/C30H33N3O2/c1-4-22-9-13-25(14-10-22)33-20-24(19-29(33)34)30-31-27-7-5-6-8-28(27)32(30)17-18-35-26-15-11-23(12-16-26)21(2)3/h5-16,21,24H,4,17-20H2,1-3H3. The minimum absolute atomic E-state index is 0.0473. The summed E-state index contributed by atoms with van der Waals surface area (Å²) in [6.45, 7) is 8.38. The number of anilines is 1. The van der Waals surface area contributed by atoms with Crippen molar-refractivity contribution in [2.75, 3.05) is 18.1 Å². The van der Waals surface area contributed by atoms with E-state index in [-0.39, 0.29) is 11.8 Å². The number of aromatic nitrogens is 2. The molecule has 0 radical (unpaired) electrons. The highest BCUT2D eigenvalue weighted by molar-refractivity contribution is 5.96. The van der Waals surface area contributed by atoms with Gasteiger partial charge in [0.15, 0.2) is 0 Å². The summed E-state index contributed by atoms with van der Waals surface area (Å²) in [4.78, 5) is 19.9. The summed E-state index contributed by atoms with van der Waals surface area (Å²) < 4.78 is 8.32. The van der Waals surface area contributed by atoms with Gasteiger partial charge >= 0.3 is 0 Å². The van der Waals surface area contributed by atoms with Crippen LogP contribution in [-0.2, 0) is 17.8 Å². The van der Waals surface area contributed by atoms with Crippen LogP contribution in [0.5, 0.6) is 5.75 Å². The summed E-state index contributed by atoms with van der Waals surface area (Å²) in [7, 11) is 0. The number of ether oxygens (including phenoxy) is 1. The van der Waals surface area contributed by atoms with Crippen molar-refractivity contribution in [2.24, 2.45) is 0 Å². The third kappa shape index (κ3) is 4.81. The molecule has 5 rings (SSSR count). The highest BCUT2D eigenvalue weighted by Gasteiger charge is 2.34. The number of fused-ring (bicyclic) bond motifs is 1. The number of benzene rings is 3. The first-order valence-corrected chi connectivity index (χ1v) is 12.6. The maximum absolute atomic E-state index is 13.0. The second-order valence-corrected chi connectivity index (χ2v) is 9.61. The molecule has 4 aromatic rings. The fourth-order valence-electron chi connectivity index (χ4n) is 4.89. The minimum Gasteiger partial charge on any atom is -0.492 e. The van der Waals surface area contributed by atoms with Gasteiger partial charge in [0, 0.05) is 24.6 Å². The molecular formula is C30H33N3O2. The maximum Gasteiger partial charge on any atom is 0.227 e. The second-order valence-electron chi connectivity index (χ2n) is 9.61. The fraction of sp³-hybridized carbons (Fsp3) is 0.333. The van der Waals surface area contributed by atoms with Crippen molar-refractivity contribution in [3.05, 3.63) is 89.7 Å². The molecule has 3 aromatic carbocycles. The van der Waals surface area contributed by atoms with Gasteiger partial charge in [0.05, 0.1) is 17.6 Å². The lowest BCUT2D eigenvalue weighted by Crippen LogP contribution is -2.24. The van der Waals surface area contributed by atoms with Crippen molar-refractivity contribution in [3.8, 4) is 5.75 Å². The molecular weight excluding hydrogens is 434 g/mol. The Bertz CT molecular complexity index is 1310. The molecule has 5 heteroatoms. The largest absolute Gasteiger partial charge is 0.492 e. The number of imidazole rings is 1. The summed E-state index contributed by atoms with van der Waals surface area (Å²) in [5, 5.41) is 0. The van der Waals surface area contributed by atoms with Crippen LogP contribution < -0.4 is 9.64 Å². The van der Waals surface area contributed by atoms with Crippen molar-refractivity contribution in [1.29, 1.82) is 0 Å². The van der Waals surface area contributed by atoms with E-state index in [2.05, 4.69) is 67.8 Å². The monoisotopic (exact) mass is 467 g/mol. The first-order chi connectivity index (χ1) is 17.0. The number of carbonyl (C=O) groups is 1. The van der Waals surface area contributed by atoms with Gasteiger partial charge in [-0.3, -0.25) is 4.79 Å². The van der Waals surface area contributed by atoms with Crippen LogP contribution in [0, 0.1) is 0 Å². The Labute approximate surface area is 207 Å². The Morgan fingerprint density at radius 1 is 1.00 bits per heavy atom. The van der Waals surface area contributed by atoms with E-state index in [0.717, 1.165) is 34.7 Å². The van der Waals surface area contributed by atoms with Crippen molar-refractivity contribution < 1.29 is 9.53 Å². The molecule has 0 aliphatic carbocycles. The van der Waals surface area contributed by atoms with Gasteiger partial charge in [0.1, 0.15) is 18.2 Å². The average molecular weight is 468 g/mol. The van der Waals surface area contributed by atoms with Gasteiger partial charge in [-0.1, -0.05) is 57.2 Å². The lowest BCUT2D eigenvalue weighted by Gasteiger charge is -2.18. The molecule has 0 spiro atoms. The van der Waals surface area contributed by atoms with E-state index in [1.54, 1.807) is 0 Å². The first kappa shape index (κ1) is 23.2. The van der Waals surface area contributed by atoms with E-state index in [0.29, 0.717) is 32.0 Å². The van der Waals surface area contributed by atoms with Crippen molar-refractivity contribution >= 4 is 22.6 Å². The summed E-state index contributed by atoms with van der Waals surface area (Å²) in [6.07, 6.45) is 1.46. The van der Waals surface area contributed by atoms with Crippen LogP contribution in [0.3, 0.4) is 0 Å². The number of para-hydroxylation sites is 2. The number of carbonyl (C=O) groups excluding carboxylic acids is 1. The van der Waals surface area contributed by atoms with Gasteiger partial charge in [-0.25, -0.2) is 4.98 Å². The Balaban J connectivity index is 1.35. The third-order valence-electron chi connectivity index (χ3n) is 6.96. The molecule has 0 saturated carbocycles. The van der Waals surface area contributed by atoms with E-state index in [1.807, 2.05) is 35.2 Å². The average Bonchev–Trinajstić information content (AvgIpc) is 3.45. The Kier molecular flexibility index (Phi) is 6.58. The molecule has 1 saturated heterocycles. The van der Waals surface area contributed by atoms with Crippen LogP contribution in [-0.4, -0.2) is 28.6 Å². The molecule has 1 aromatic heterocycles. The number of rotatable bonds is 8. The van der Waals surface area contributed by atoms with Crippen LogP contribution >= 0.6 is 0 Å². The summed E-state index contributed by atoms with van der Waals surface area (Å²) in [6, 6.07) is 24.9. The predicted octanol–water partition coefficient (Wildman–Crippen LogP) is 6.32. The smallest absolute Gasteiger partial charge is 0.227 e. The summed E-state index contributed by atoms with van der Waals surface area (Å²) in [5.74, 6) is 2.54. The van der Waals surface area contributed by atoms with Crippen molar-refractivity contribution in [2.45, 2.75) is 52.0 Å². The number of aryl methyl sites for hydroxylation is 1. The van der Waals surface area contributed by atoms with Crippen molar-refractivity contribution in [3.63, 3.8) is 0 Å². The zero-order valence-electron chi connectivity index (χ0n) is 20.8. The maximum atomic E-state index is 13.0. The number of amides is 1. The molecule has 1 aliphatic heterocycles. The topological polar surface area (TPSA) is 47.4 Å². The quantitative estimate of drug-likeness (QED) is 0.305. The zero-order valence-corrected chi connectivity index (χ0v) is 20.8. The molecule has 35 heavy (non-hydrogen) atoms. The van der Waals surface area contributed by atoms with Crippen LogP contribution in [0.15, 0.2) is 72.8 Å². The number of nitrogens with zero attached hydrogens (tertiary/aromatic N) is 3. The Hall–Kier alpha value is -3.60. The molecule has 5 nitrogen and oxygen atoms in total. The van der Waals surface area contributed by atoms with Crippen molar-refractivity contribution in [1.82, 2.24) is 9.55 Å². The van der Waals surface area contributed by atoms with Gasteiger partial charge in [0.2, 0.25) is 5.91 Å². The molecule has 1 amide bonds.